The summed E-state index contributed by atoms with van der Waals surface area (Å²) in [7, 11) is 0. The second-order valence-electron chi connectivity index (χ2n) is 7.70. The molecule has 0 radical (unpaired) electrons. The molecule has 0 spiro atoms. The molecule has 25 heavy (non-hydrogen) atoms. The molecule has 3 aliphatic heterocycles. The zero-order valence-electron chi connectivity index (χ0n) is 14.5. The van der Waals surface area contributed by atoms with E-state index in [1.54, 1.807) is 0 Å². The summed E-state index contributed by atoms with van der Waals surface area (Å²) in [6.07, 6.45) is 2.41. The van der Waals surface area contributed by atoms with Crippen LogP contribution in [0.5, 0.6) is 0 Å². The lowest BCUT2D eigenvalue weighted by Crippen LogP contribution is -2.50. The minimum Gasteiger partial charge on any atom is -0.385 e. The van der Waals surface area contributed by atoms with Gasteiger partial charge in [0.25, 0.3) is 0 Å². The third kappa shape index (κ3) is 3.10. The fourth-order valence-corrected chi connectivity index (χ4v) is 4.43. The molecule has 0 aliphatic carbocycles. The molecule has 1 aromatic rings. The van der Waals surface area contributed by atoms with Gasteiger partial charge in [-0.1, -0.05) is 18.2 Å². The van der Waals surface area contributed by atoms with Gasteiger partial charge in [0.05, 0.1) is 11.6 Å². The summed E-state index contributed by atoms with van der Waals surface area (Å²) >= 11 is 0. The van der Waals surface area contributed by atoms with Crippen molar-refractivity contribution in [3.8, 4) is 0 Å². The third-order valence-electron chi connectivity index (χ3n) is 5.82. The molecule has 1 aromatic carbocycles. The van der Waals surface area contributed by atoms with Crippen LogP contribution in [0.25, 0.3) is 0 Å². The van der Waals surface area contributed by atoms with Crippen LogP contribution in [0.4, 0.5) is 0 Å². The highest BCUT2D eigenvalue weighted by molar-refractivity contribution is 6.00. The highest BCUT2D eigenvalue weighted by atomic mass is 16.3. The summed E-state index contributed by atoms with van der Waals surface area (Å²) in [4.78, 5) is 25.6. The Bertz CT molecular complexity index is 720. The molecule has 3 unspecified atom stereocenters. The molecular formula is C19H25N3O3. The van der Waals surface area contributed by atoms with Crippen LogP contribution in [0.1, 0.15) is 49.3 Å². The maximum Gasteiger partial charge on any atom is 0.243 e. The second kappa shape index (κ2) is 6.20. The number of rotatable bonds is 2. The minimum absolute atomic E-state index is 0.178. The molecule has 0 aromatic heterocycles. The largest absolute Gasteiger partial charge is 0.385 e. The number of nitrogens with zero attached hydrogens (tertiary/aromatic N) is 1. The van der Waals surface area contributed by atoms with Crippen LogP contribution >= 0.6 is 0 Å². The molecular weight excluding hydrogens is 318 g/mol. The Morgan fingerprint density at radius 2 is 2.04 bits per heavy atom. The SMILES string of the molecule is CC1CC(O)(c2ccc3c(c2)CN(C2CCC(=O)NC2=O)C3)CCN1. The van der Waals surface area contributed by atoms with Gasteiger partial charge in [-0.3, -0.25) is 19.8 Å². The van der Waals surface area contributed by atoms with Crippen molar-refractivity contribution in [1.82, 2.24) is 15.5 Å². The zero-order chi connectivity index (χ0) is 17.6. The molecule has 2 amide bonds. The van der Waals surface area contributed by atoms with E-state index in [0.717, 1.165) is 18.7 Å². The highest BCUT2D eigenvalue weighted by Gasteiger charge is 2.37. The number of amides is 2. The van der Waals surface area contributed by atoms with Crippen LogP contribution in [-0.2, 0) is 28.3 Å². The van der Waals surface area contributed by atoms with E-state index in [2.05, 4.69) is 34.6 Å². The van der Waals surface area contributed by atoms with Gasteiger partial charge in [0.15, 0.2) is 0 Å². The first-order valence-electron chi connectivity index (χ1n) is 9.10. The van der Waals surface area contributed by atoms with Crippen LogP contribution < -0.4 is 10.6 Å². The van der Waals surface area contributed by atoms with Crippen molar-refractivity contribution in [2.24, 2.45) is 0 Å². The lowest BCUT2D eigenvalue weighted by molar-refractivity contribution is -0.137. The van der Waals surface area contributed by atoms with E-state index in [1.807, 2.05) is 6.07 Å². The molecule has 0 bridgehead atoms. The molecule has 2 fully saturated rings. The summed E-state index contributed by atoms with van der Waals surface area (Å²) < 4.78 is 0. The number of aliphatic hydroxyl groups is 1. The fraction of sp³-hybridized carbons (Fsp3) is 0.579. The average Bonchev–Trinajstić information content (AvgIpc) is 2.97. The molecule has 0 saturated carbocycles. The highest BCUT2D eigenvalue weighted by Crippen LogP contribution is 2.36. The van der Waals surface area contributed by atoms with Crippen molar-refractivity contribution in [2.45, 2.75) is 63.4 Å². The summed E-state index contributed by atoms with van der Waals surface area (Å²) in [5.41, 5.74) is 2.59. The maximum atomic E-state index is 12.1. The first-order chi connectivity index (χ1) is 11.9. The smallest absolute Gasteiger partial charge is 0.243 e. The van der Waals surface area contributed by atoms with E-state index in [0.29, 0.717) is 38.3 Å². The van der Waals surface area contributed by atoms with Crippen LogP contribution in [0.15, 0.2) is 18.2 Å². The van der Waals surface area contributed by atoms with Crippen molar-refractivity contribution < 1.29 is 14.7 Å². The number of benzene rings is 1. The van der Waals surface area contributed by atoms with Gasteiger partial charge in [-0.15, -0.1) is 0 Å². The number of hydrogen-bond donors (Lipinski definition) is 3. The lowest BCUT2D eigenvalue weighted by atomic mass is 9.81. The zero-order valence-corrected chi connectivity index (χ0v) is 14.5. The predicted octanol–water partition coefficient (Wildman–Crippen LogP) is 0.767. The van der Waals surface area contributed by atoms with E-state index in [4.69, 9.17) is 0 Å². The molecule has 3 atom stereocenters. The number of imide groups is 1. The normalized spacial score (nSPS) is 33.2. The van der Waals surface area contributed by atoms with Crippen molar-refractivity contribution in [3.63, 3.8) is 0 Å². The van der Waals surface area contributed by atoms with Crippen molar-refractivity contribution in [3.05, 3.63) is 34.9 Å². The molecule has 4 rings (SSSR count). The Balaban J connectivity index is 1.53. The number of fused-ring (bicyclic) bond motifs is 1. The number of hydrogen-bond acceptors (Lipinski definition) is 5. The lowest BCUT2D eigenvalue weighted by Gasteiger charge is -2.37. The number of carbonyl (C=O) groups excluding carboxylic acids is 2. The van der Waals surface area contributed by atoms with E-state index >= 15 is 0 Å². The van der Waals surface area contributed by atoms with Crippen LogP contribution in [-0.4, -0.2) is 40.4 Å². The number of carbonyl (C=O) groups is 2. The summed E-state index contributed by atoms with van der Waals surface area (Å²) in [6, 6.07) is 6.29. The minimum atomic E-state index is -0.776. The fourth-order valence-electron chi connectivity index (χ4n) is 4.43. The van der Waals surface area contributed by atoms with E-state index in [9.17, 15) is 14.7 Å². The van der Waals surface area contributed by atoms with Gasteiger partial charge in [0, 0.05) is 25.6 Å². The molecule has 2 saturated heterocycles. The quantitative estimate of drug-likeness (QED) is 0.691. The van der Waals surface area contributed by atoms with E-state index < -0.39 is 5.60 Å². The Labute approximate surface area is 147 Å². The van der Waals surface area contributed by atoms with Crippen molar-refractivity contribution in [2.75, 3.05) is 6.54 Å². The van der Waals surface area contributed by atoms with E-state index in [-0.39, 0.29) is 17.9 Å². The van der Waals surface area contributed by atoms with Crippen LogP contribution in [0.2, 0.25) is 0 Å². The second-order valence-corrected chi connectivity index (χ2v) is 7.70. The standard InChI is InChI=1S/C19H25N3O3/c1-12-9-19(25,6-7-20-12)15-3-2-13-10-22(11-14(13)8-15)16-4-5-17(23)21-18(16)24/h2-3,8,12,16,20,25H,4-7,9-11H2,1H3,(H,21,23,24). The topological polar surface area (TPSA) is 81.7 Å². The Hall–Kier alpha value is -1.76. The van der Waals surface area contributed by atoms with Gasteiger partial charge in [-0.2, -0.15) is 0 Å². The van der Waals surface area contributed by atoms with Gasteiger partial charge < -0.3 is 10.4 Å². The summed E-state index contributed by atoms with van der Waals surface area (Å²) in [5.74, 6) is -0.363. The van der Waals surface area contributed by atoms with Gasteiger partial charge in [0.1, 0.15) is 0 Å². The molecule has 3 aliphatic rings. The van der Waals surface area contributed by atoms with Crippen molar-refractivity contribution >= 4 is 11.8 Å². The predicted molar refractivity (Wildman–Crippen MR) is 92.5 cm³/mol. The first-order valence-corrected chi connectivity index (χ1v) is 9.10. The molecule has 6 heteroatoms. The number of piperidine rings is 2. The number of nitrogens with one attached hydrogen (secondary N) is 2. The van der Waals surface area contributed by atoms with Gasteiger partial charge in [0.2, 0.25) is 11.8 Å². The average molecular weight is 343 g/mol. The molecule has 3 N–H and O–H groups in total. The monoisotopic (exact) mass is 343 g/mol. The van der Waals surface area contributed by atoms with Gasteiger partial charge in [-0.25, -0.2) is 0 Å². The molecule has 3 heterocycles. The summed E-state index contributed by atoms with van der Waals surface area (Å²) in [5, 5.41) is 16.9. The van der Waals surface area contributed by atoms with Gasteiger partial charge in [-0.05, 0) is 49.4 Å². The van der Waals surface area contributed by atoms with Crippen LogP contribution in [0.3, 0.4) is 0 Å². The molecule has 6 nitrogen and oxygen atoms in total. The third-order valence-corrected chi connectivity index (χ3v) is 5.82. The summed E-state index contributed by atoms with van der Waals surface area (Å²) in [6.45, 7) is 4.33. The van der Waals surface area contributed by atoms with Gasteiger partial charge >= 0.3 is 0 Å². The van der Waals surface area contributed by atoms with Crippen molar-refractivity contribution in [1.29, 1.82) is 0 Å². The van der Waals surface area contributed by atoms with Crippen LogP contribution in [0, 0.1) is 0 Å². The Morgan fingerprint density at radius 1 is 1.24 bits per heavy atom. The Morgan fingerprint density at radius 3 is 2.80 bits per heavy atom. The molecule has 134 valence electrons. The van der Waals surface area contributed by atoms with E-state index in [1.165, 1.54) is 11.1 Å². The Kier molecular flexibility index (Phi) is 4.14. The maximum absolute atomic E-state index is 12.1. The first kappa shape index (κ1) is 16.7.